The summed E-state index contributed by atoms with van der Waals surface area (Å²) >= 11 is 0. The van der Waals surface area contributed by atoms with E-state index in [9.17, 15) is 5.11 Å². The Morgan fingerprint density at radius 2 is 1.93 bits per heavy atom. The molecule has 15 heavy (non-hydrogen) atoms. The summed E-state index contributed by atoms with van der Waals surface area (Å²) in [6.07, 6.45) is -0.633. The lowest BCUT2D eigenvalue weighted by atomic mass is 10.0. The van der Waals surface area contributed by atoms with Crippen molar-refractivity contribution in [2.24, 2.45) is 5.73 Å². The summed E-state index contributed by atoms with van der Waals surface area (Å²) < 4.78 is 10.4. The van der Waals surface area contributed by atoms with Gasteiger partial charge in [0.1, 0.15) is 0 Å². The molecular formula is C11H17NO3. The van der Waals surface area contributed by atoms with Crippen LogP contribution < -0.4 is 15.2 Å². The Bertz CT molecular complexity index is 326. The van der Waals surface area contributed by atoms with Gasteiger partial charge >= 0.3 is 0 Å². The predicted molar refractivity (Wildman–Crippen MR) is 58.2 cm³/mol. The van der Waals surface area contributed by atoms with Crippen molar-refractivity contribution in [2.75, 3.05) is 14.2 Å². The van der Waals surface area contributed by atoms with Crippen LogP contribution in [-0.4, -0.2) is 25.4 Å². The molecule has 1 rings (SSSR count). The van der Waals surface area contributed by atoms with Gasteiger partial charge in [0.05, 0.1) is 26.4 Å². The molecule has 0 fully saturated rings. The molecule has 0 saturated heterocycles. The van der Waals surface area contributed by atoms with Gasteiger partial charge in [0, 0.05) is 5.56 Å². The fraction of sp³-hybridized carbons (Fsp3) is 0.455. The van der Waals surface area contributed by atoms with Crippen molar-refractivity contribution < 1.29 is 14.6 Å². The smallest absolute Gasteiger partial charge is 0.165 e. The molecule has 0 amide bonds. The average molecular weight is 211 g/mol. The highest BCUT2D eigenvalue weighted by atomic mass is 16.5. The van der Waals surface area contributed by atoms with Crippen LogP contribution in [0.2, 0.25) is 0 Å². The second-order valence-corrected chi connectivity index (χ2v) is 3.35. The largest absolute Gasteiger partial charge is 0.493 e. The molecule has 0 aliphatic carbocycles. The summed E-state index contributed by atoms with van der Waals surface area (Å²) in [6.45, 7) is 1.64. The van der Waals surface area contributed by atoms with E-state index >= 15 is 0 Å². The first-order valence-electron chi connectivity index (χ1n) is 4.76. The SMILES string of the molecule is COc1cccc([C@H](N)[C@@H](C)O)c1OC. The van der Waals surface area contributed by atoms with Crippen LogP contribution in [-0.2, 0) is 0 Å². The molecule has 0 aliphatic heterocycles. The summed E-state index contributed by atoms with van der Waals surface area (Å²) in [7, 11) is 3.12. The van der Waals surface area contributed by atoms with Crippen molar-refractivity contribution >= 4 is 0 Å². The third-order valence-electron chi connectivity index (χ3n) is 2.31. The van der Waals surface area contributed by atoms with Crippen LogP contribution in [0.25, 0.3) is 0 Å². The molecule has 1 aromatic carbocycles. The standard InChI is InChI=1S/C11H17NO3/c1-7(13)10(12)8-5-4-6-9(14-2)11(8)15-3/h4-7,10,13H,12H2,1-3H3/t7-,10-/m1/s1. The Morgan fingerprint density at radius 1 is 1.27 bits per heavy atom. The summed E-state index contributed by atoms with van der Waals surface area (Å²) in [6, 6.07) is 4.95. The molecule has 0 aromatic heterocycles. The van der Waals surface area contributed by atoms with Gasteiger partial charge in [-0.3, -0.25) is 0 Å². The van der Waals surface area contributed by atoms with Crippen LogP contribution in [0.5, 0.6) is 11.5 Å². The Hall–Kier alpha value is -1.26. The minimum Gasteiger partial charge on any atom is -0.493 e. The van der Waals surface area contributed by atoms with E-state index in [-0.39, 0.29) is 0 Å². The number of hydrogen-bond donors (Lipinski definition) is 2. The average Bonchev–Trinajstić information content (AvgIpc) is 2.26. The number of nitrogens with two attached hydrogens (primary N) is 1. The van der Waals surface area contributed by atoms with Crippen LogP contribution in [0.1, 0.15) is 18.5 Å². The summed E-state index contributed by atoms with van der Waals surface area (Å²) in [5.41, 5.74) is 6.59. The molecular weight excluding hydrogens is 194 g/mol. The number of aliphatic hydroxyl groups excluding tert-OH is 1. The predicted octanol–water partition coefficient (Wildman–Crippen LogP) is 1.08. The number of ether oxygens (including phenoxy) is 2. The van der Waals surface area contributed by atoms with E-state index in [2.05, 4.69) is 0 Å². The van der Waals surface area contributed by atoms with Crippen molar-refractivity contribution in [3.63, 3.8) is 0 Å². The zero-order valence-electron chi connectivity index (χ0n) is 9.23. The molecule has 4 nitrogen and oxygen atoms in total. The molecule has 4 heteroatoms. The maximum absolute atomic E-state index is 9.44. The molecule has 0 aliphatic rings. The number of hydrogen-bond acceptors (Lipinski definition) is 4. The molecule has 84 valence electrons. The quantitative estimate of drug-likeness (QED) is 0.782. The zero-order valence-corrected chi connectivity index (χ0v) is 9.23. The van der Waals surface area contributed by atoms with Gasteiger partial charge in [-0.1, -0.05) is 12.1 Å². The number of rotatable bonds is 4. The van der Waals surface area contributed by atoms with E-state index in [1.54, 1.807) is 27.2 Å². The van der Waals surface area contributed by atoms with E-state index in [0.717, 1.165) is 5.56 Å². The van der Waals surface area contributed by atoms with Crippen molar-refractivity contribution in [3.05, 3.63) is 23.8 Å². The van der Waals surface area contributed by atoms with Gasteiger partial charge in [-0.2, -0.15) is 0 Å². The number of aliphatic hydroxyl groups is 1. The third-order valence-corrected chi connectivity index (χ3v) is 2.31. The molecule has 2 atom stereocenters. The lowest BCUT2D eigenvalue weighted by Gasteiger charge is -2.19. The topological polar surface area (TPSA) is 64.7 Å². The van der Waals surface area contributed by atoms with E-state index in [0.29, 0.717) is 11.5 Å². The highest BCUT2D eigenvalue weighted by Gasteiger charge is 2.19. The highest BCUT2D eigenvalue weighted by Crippen LogP contribution is 2.34. The van der Waals surface area contributed by atoms with Crippen LogP contribution >= 0.6 is 0 Å². The molecule has 1 aromatic rings. The first-order valence-corrected chi connectivity index (χ1v) is 4.76. The van der Waals surface area contributed by atoms with Gasteiger partial charge < -0.3 is 20.3 Å². The lowest BCUT2D eigenvalue weighted by Crippen LogP contribution is -2.23. The highest BCUT2D eigenvalue weighted by molar-refractivity contribution is 5.48. The van der Waals surface area contributed by atoms with E-state index in [1.165, 1.54) is 0 Å². The van der Waals surface area contributed by atoms with Crippen LogP contribution in [0.3, 0.4) is 0 Å². The molecule has 3 N–H and O–H groups in total. The van der Waals surface area contributed by atoms with Crippen molar-refractivity contribution in [1.82, 2.24) is 0 Å². The molecule has 0 unspecified atom stereocenters. The van der Waals surface area contributed by atoms with E-state index in [1.807, 2.05) is 12.1 Å². The lowest BCUT2D eigenvalue weighted by molar-refractivity contribution is 0.162. The molecule has 0 bridgehead atoms. The van der Waals surface area contributed by atoms with Gasteiger partial charge in [-0.15, -0.1) is 0 Å². The zero-order chi connectivity index (χ0) is 11.4. The fourth-order valence-corrected chi connectivity index (χ4v) is 1.43. The molecule has 0 radical (unpaired) electrons. The normalized spacial score (nSPS) is 14.5. The Morgan fingerprint density at radius 3 is 2.40 bits per heavy atom. The second kappa shape index (κ2) is 5.00. The Kier molecular flexibility index (Phi) is 3.94. The van der Waals surface area contributed by atoms with Gasteiger partial charge in [-0.25, -0.2) is 0 Å². The van der Waals surface area contributed by atoms with Gasteiger partial charge in [0.25, 0.3) is 0 Å². The third kappa shape index (κ3) is 2.40. The van der Waals surface area contributed by atoms with Crippen LogP contribution in [0.4, 0.5) is 0 Å². The summed E-state index contributed by atoms with van der Waals surface area (Å²) in [5, 5.41) is 9.44. The monoisotopic (exact) mass is 211 g/mol. The summed E-state index contributed by atoms with van der Waals surface area (Å²) in [4.78, 5) is 0. The maximum atomic E-state index is 9.44. The Balaban J connectivity index is 3.16. The minimum atomic E-state index is -0.633. The number of methoxy groups -OCH3 is 2. The van der Waals surface area contributed by atoms with Gasteiger partial charge in [0.2, 0.25) is 0 Å². The summed E-state index contributed by atoms with van der Waals surface area (Å²) in [5.74, 6) is 1.19. The van der Waals surface area contributed by atoms with E-state index < -0.39 is 12.1 Å². The Labute approximate surface area is 89.6 Å². The van der Waals surface area contributed by atoms with Crippen molar-refractivity contribution in [2.45, 2.75) is 19.1 Å². The fourth-order valence-electron chi connectivity index (χ4n) is 1.43. The van der Waals surface area contributed by atoms with Crippen LogP contribution in [0.15, 0.2) is 18.2 Å². The minimum absolute atomic E-state index is 0.477. The van der Waals surface area contributed by atoms with Gasteiger partial charge in [-0.05, 0) is 13.0 Å². The molecule has 0 heterocycles. The second-order valence-electron chi connectivity index (χ2n) is 3.35. The van der Waals surface area contributed by atoms with E-state index in [4.69, 9.17) is 15.2 Å². The van der Waals surface area contributed by atoms with Crippen molar-refractivity contribution in [3.8, 4) is 11.5 Å². The van der Waals surface area contributed by atoms with Crippen LogP contribution in [0, 0.1) is 0 Å². The van der Waals surface area contributed by atoms with Crippen molar-refractivity contribution in [1.29, 1.82) is 0 Å². The van der Waals surface area contributed by atoms with Gasteiger partial charge in [0.15, 0.2) is 11.5 Å². The number of benzene rings is 1. The number of para-hydroxylation sites is 1. The first-order chi connectivity index (χ1) is 7.11. The molecule has 0 spiro atoms. The first kappa shape index (κ1) is 11.8. The maximum Gasteiger partial charge on any atom is 0.165 e. The molecule has 0 saturated carbocycles.